The van der Waals surface area contributed by atoms with Crippen molar-refractivity contribution in [3.63, 3.8) is 0 Å². The molecule has 6 nitrogen and oxygen atoms in total. The largest absolute Gasteiger partial charge is 0.495 e. The lowest BCUT2D eigenvalue weighted by molar-refractivity contribution is -0.117. The van der Waals surface area contributed by atoms with Gasteiger partial charge in [-0.2, -0.15) is 4.72 Å². The molecule has 0 heterocycles. The molecule has 26 heavy (non-hydrogen) atoms. The first-order valence-corrected chi connectivity index (χ1v) is 9.12. The van der Waals surface area contributed by atoms with Crippen molar-refractivity contribution < 1.29 is 26.7 Å². The normalized spacial score (nSPS) is 12.5. The number of nitrogens with one attached hydrogen (secondary N) is 2. The van der Waals surface area contributed by atoms with Gasteiger partial charge in [-0.15, -0.1) is 0 Å². The van der Waals surface area contributed by atoms with Crippen molar-refractivity contribution in [2.24, 2.45) is 0 Å². The predicted octanol–water partition coefficient (Wildman–Crippen LogP) is 2.93. The first kappa shape index (κ1) is 20.1. The topological polar surface area (TPSA) is 84.5 Å². The molecule has 2 N–H and O–H groups in total. The van der Waals surface area contributed by atoms with Gasteiger partial charge in [-0.3, -0.25) is 4.79 Å². The lowest BCUT2D eigenvalue weighted by Gasteiger charge is -2.15. The highest BCUT2D eigenvalue weighted by Gasteiger charge is 2.23. The maximum atomic E-state index is 13.2. The van der Waals surface area contributed by atoms with Crippen molar-refractivity contribution in [1.29, 1.82) is 0 Å². The zero-order valence-corrected chi connectivity index (χ0v) is 15.3. The highest BCUT2D eigenvalue weighted by atomic mass is 35.5. The molecule has 0 aliphatic heterocycles. The maximum absolute atomic E-state index is 13.2. The number of methoxy groups -OCH3 is 1. The lowest BCUT2D eigenvalue weighted by Crippen LogP contribution is -2.41. The molecule has 0 aliphatic carbocycles. The van der Waals surface area contributed by atoms with Crippen molar-refractivity contribution >= 4 is 33.2 Å². The van der Waals surface area contributed by atoms with Crippen LogP contribution in [-0.2, 0) is 14.8 Å². The molecule has 10 heteroatoms. The van der Waals surface area contributed by atoms with Crippen molar-refractivity contribution in [3.05, 3.63) is 53.1 Å². The zero-order valence-electron chi connectivity index (χ0n) is 13.7. The van der Waals surface area contributed by atoms with Crippen molar-refractivity contribution in [3.8, 4) is 5.75 Å². The Kier molecular flexibility index (Phi) is 6.17. The summed E-state index contributed by atoms with van der Waals surface area (Å²) in [5.74, 6) is -2.65. The molecular formula is C16H15ClF2N2O4S. The van der Waals surface area contributed by atoms with E-state index in [1.165, 1.54) is 32.2 Å². The number of ether oxygens (including phenoxy) is 1. The summed E-state index contributed by atoms with van der Waals surface area (Å²) in [5.41, 5.74) is -0.00700. The van der Waals surface area contributed by atoms with Gasteiger partial charge in [0.25, 0.3) is 0 Å². The summed E-state index contributed by atoms with van der Waals surface area (Å²) in [4.78, 5) is 11.9. The van der Waals surface area contributed by atoms with Crippen LogP contribution in [0.15, 0.2) is 41.3 Å². The maximum Gasteiger partial charge on any atom is 0.242 e. The molecule has 2 aromatic rings. The molecule has 0 radical (unpaired) electrons. The molecule has 0 fully saturated rings. The Morgan fingerprint density at radius 1 is 1.15 bits per heavy atom. The Hall–Kier alpha value is -2.23. The van der Waals surface area contributed by atoms with Crippen LogP contribution in [0.1, 0.15) is 6.92 Å². The van der Waals surface area contributed by atoms with E-state index in [0.29, 0.717) is 5.75 Å². The summed E-state index contributed by atoms with van der Waals surface area (Å²) < 4.78 is 57.9. The van der Waals surface area contributed by atoms with Gasteiger partial charge in [0, 0.05) is 11.8 Å². The summed E-state index contributed by atoms with van der Waals surface area (Å²) in [6.45, 7) is 1.30. The van der Waals surface area contributed by atoms with Gasteiger partial charge < -0.3 is 10.1 Å². The molecule has 0 saturated carbocycles. The molecule has 0 unspecified atom stereocenters. The van der Waals surface area contributed by atoms with Gasteiger partial charge in [-0.1, -0.05) is 11.6 Å². The van der Waals surface area contributed by atoms with Gasteiger partial charge in [-0.25, -0.2) is 17.2 Å². The number of sulfonamides is 1. The van der Waals surface area contributed by atoms with Crippen LogP contribution in [0.4, 0.5) is 14.5 Å². The molecule has 0 aliphatic rings. The number of hydrogen-bond donors (Lipinski definition) is 2. The Morgan fingerprint density at radius 3 is 2.42 bits per heavy atom. The fraction of sp³-hybridized carbons (Fsp3) is 0.188. The van der Waals surface area contributed by atoms with Crippen molar-refractivity contribution in [2.75, 3.05) is 12.4 Å². The molecule has 0 spiro atoms. The average Bonchev–Trinajstić information content (AvgIpc) is 2.57. The third kappa shape index (κ3) is 4.69. The van der Waals surface area contributed by atoms with Gasteiger partial charge in [0.05, 0.1) is 23.1 Å². The molecule has 0 saturated heterocycles. The minimum absolute atomic E-state index is 0.00700. The number of benzene rings is 2. The first-order valence-electron chi connectivity index (χ1n) is 7.26. The number of rotatable bonds is 6. The van der Waals surface area contributed by atoms with E-state index >= 15 is 0 Å². The monoisotopic (exact) mass is 404 g/mol. The number of hydrogen-bond acceptors (Lipinski definition) is 4. The summed E-state index contributed by atoms with van der Waals surface area (Å²) in [6, 6.07) is 5.44. The molecule has 0 aromatic heterocycles. The molecule has 2 aromatic carbocycles. The second-order valence-electron chi connectivity index (χ2n) is 5.26. The predicted molar refractivity (Wildman–Crippen MR) is 92.8 cm³/mol. The standard InChI is InChI=1S/C16H15ClF2N2O4S/c1-9(16(22)20-10-3-5-13(18)14(19)7-10)21-26(23,24)11-4-6-15(25-2)12(17)8-11/h3-9,21H,1-2H3,(H,20,22)/t9-/m0/s1. The zero-order chi connectivity index (χ0) is 19.5. The molecule has 1 atom stereocenters. The third-order valence-electron chi connectivity index (χ3n) is 3.35. The minimum atomic E-state index is -4.04. The number of anilines is 1. The van der Waals surface area contributed by atoms with E-state index in [-0.39, 0.29) is 15.6 Å². The Morgan fingerprint density at radius 2 is 1.85 bits per heavy atom. The smallest absolute Gasteiger partial charge is 0.242 e. The summed E-state index contributed by atoms with van der Waals surface area (Å²) in [5, 5.41) is 2.39. The van der Waals surface area contributed by atoms with Gasteiger partial charge >= 0.3 is 0 Å². The van der Waals surface area contributed by atoms with E-state index in [2.05, 4.69) is 10.0 Å². The Bertz CT molecular complexity index is 938. The van der Waals surface area contributed by atoms with Gasteiger partial charge in [0.2, 0.25) is 15.9 Å². The van der Waals surface area contributed by atoms with Crippen LogP contribution in [0.3, 0.4) is 0 Å². The number of amides is 1. The summed E-state index contributed by atoms with van der Waals surface area (Å²) in [6.07, 6.45) is 0. The Balaban J connectivity index is 2.11. The van der Waals surface area contributed by atoms with E-state index in [1.807, 2.05) is 0 Å². The van der Waals surface area contributed by atoms with E-state index in [9.17, 15) is 22.0 Å². The Labute approximate surface area is 154 Å². The van der Waals surface area contributed by atoms with Crippen LogP contribution in [-0.4, -0.2) is 27.5 Å². The second kappa shape index (κ2) is 7.98. The van der Waals surface area contributed by atoms with Gasteiger partial charge in [0.1, 0.15) is 5.75 Å². The van der Waals surface area contributed by atoms with E-state index in [0.717, 1.165) is 18.2 Å². The van der Waals surface area contributed by atoms with Gasteiger partial charge in [-0.05, 0) is 37.3 Å². The van der Waals surface area contributed by atoms with Crippen LogP contribution in [0.5, 0.6) is 5.75 Å². The van der Waals surface area contributed by atoms with Crippen LogP contribution < -0.4 is 14.8 Å². The minimum Gasteiger partial charge on any atom is -0.495 e. The van der Waals surface area contributed by atoms with Crippen LogP contribution in [0.25, 0.3) is 0 Å². The van der Waals surface area contributed by atoms with Crippen molar-refractivity contribution in [1.82, 2.24) is 4.72 Å². The van der Waals surface area contributed by atoms with Crippen LogP contribution >= 0.6 is 11.6 Å². The molecule has 140 valence electrons. The molecule has 0 bridgehead atoms. The number of carbonyl (C=O) groups is 1. The fourth-order valence-electron chi connectivity index (χ4n) is 1.99. The van der Waals surface area contributed by atoms with Crippen LogP contribution in [0, 0.1) is 11.6 Å². The highest BCUT2D eigenvalue weighted by molar-refractivity contribution is 7.89. The van der Waals surface area contributed by atoms with Crippen molar-refractivity contribution in [2.45, 2.75) is 17.9 Å². The lowest BCUT2D eigenvalue weighted by atomic mass is 10.2. The van der Waals surface area contributed by atoms with E-state index in [4.69, 9.17) is 16.3 Å². The van der Waals surface area contributed by atoms with E-state index < -0.39 is 33.6 Å². The average molecular weight is 405 g/mol. The first-order chi connectivity index (χ1) is 12.1. The SMILES string of the molecule is COc1ccc(S(=O)(=O)N[C@@H](C)C(=O)Nc2ccc(F)c(F)c2)cc1Cl. The summed E-state index contributed by atoms with van der Waals surface area (Å²) >= 11 is 5.91. The molecule has 2 rings (SSSR count). The third-order valence-corrected chi connectivity index (χ3v) is 5.18. The second-order valence-corrected chi connectivity index (χ2v) is 7.38. The highest BCUT2D eigenvalue weighted by Crippen LogP contribution is 2.27. The molecular weight excluding hydrogens is 390 g/mol. The number of carbonyl (C=O) groups excluding carboxylic acids is 1. The quantitative estimate of drug-likeness (QED) is 0.775. The summed E-state index contributed by atoms with van der Waals surface area (Å²) in [7, 11) is -2.66. The fourth-order valence-corrected chi connectivity index (χ4v) is 3.54. The molecule has 1 amide bonds. The van der Waals surface area contributed by atoms with E-state index in [1.54, 1.807) is 0 Å². The van der Waals surface area contributed by atoms with Gasteiger partial charge in [0.15, 0.2) is 11.6 Å². The van der Waals surface area contributed by atoms with Crippen LogP contribution in [0.2, 0.25) is 5.02 Å². The number of halogens is 3.